The Morgan fingerprint density at radius 3 is 2.45 bits per heavy atom. The van der Waals surface area contributed by atoms with Gasteiger partial charge in [-0.1, -0.05) is 40.0 Å². The van der Waals surface area contributed by atoms with Crippen molar-refractivity contribution in [3.8, 4) is 11.5 Å². The molecule has 1 heterocycles. The lowest BCUT2D eigenvalue weighted by Crippen LogP contribution is -2.45. The molecule has 29 heavy (non-hydrogen) atoms. The summed E-state index contributed by atoms with van der Waals surface area (Å²) in [5, 5.41) is 10.5. The molecule has 0 aromatic heterocycles. The molecule has 2 aromatic carbocycles. The fourth-order valence-corrected chi connectivity index (χ4v) is 3.96. The number of halogens is 2. The number of nitrogens with zero attached hydrogens (tertiary/aromatic N) is 2. The van der Waals surface area contributed by atoms with Gasteiger partial charge in [0.05, 0.1) is 30.5 Å². The molecule has 3 rings (SSSR count). The van der Waals surface area contributed by atoms with E-state index in [-0.39, 0.29) is 21.4 Å². The second kappa shape index (κ2) is 8.62. The predicted molar refractivity (Wildman–Crippen MR) is 108 cm³/mol. The number of hydrogen-bond donors (Lipinski definition) is 1. The zero-order chi connectivity index (χ0) is 21.1. The highest BCUT2D eigenvalue weighted by atomic mass is 35.5. The standard InChI is InChI=1S/C19H16ClFN2O5S/c1-27-15-8-7-11(9-16(15)28-2)22(17(24)12-5-3-4-6-13(12)20)19-23(21)14(10-29-19)18(25)26/h3-10,19H,1-2H3,(H,25,26). The van der Waals surface area contributed by atoms with Gasteiger partial charge in [0.1, 0.15) is 0 Å². The molecule has 0 fully saturated rings. The Hall–Kier alpha value is -2.91. The number of carboxylic acid groups (broad SMARTS) is 1. The van der Waals surface area contributed by atoms with Gasteiger partial charge in [-0.15, -0.1) is 0 Å². The number of rotatable bonds is 6. The van der Waals surface area contributed by atoms with Crippen LogP contribution in [0.15, 0.2) is 53.6 Å². The summed E-state index contributed by atoms with van der Waals surface area (Å²) in [5.41, 5.74) is -1.45. The number of carboxylic acids is 1. The van der Waals surface area contributed by atoms with E-state index in [0.717, 1.165) is 22.1 Å². The second-order valence-electron chi connectivity index (χ2n) is 5.78. The summed E-state index contributed by atoms with van der Waals surface area (Å²) in [7, 11) is 2.89. The molecule has 2 aromatic rings. The first-order valence-corrected chi connectivity index (χ1v) is 9.55. The first kappa shape index (κ1) is 20.8. The molecule has 0 bridgehead atoms. The van der Waals surface area contributed by atoms with E-state index in [9.17, 15) is 19.2 Å². The molecule has 0 spiro atoms. The summed E-state index contributed by atoms with van der Waals surface area (Å²) >= 11 is 7.01. The first-order chi connectivity index (χ1) is 13.9. The average Bonchev–Trinajstić information content (AvgIpc) is 3.09. The third kappa shape index (κ3) is 3.96. The zero-order valence-electron chi connectivity index (χ0n) is 15.3. The number of aliphatic carboxylic acids is 1. The number of carbonyl (C=O) groups excluding carboxylic acids is 1. The summed E-state index contributed by atoms with van der Waals surface area (Å²) in [6.07, 6.45) is 0. The highest BCUT2D eigenvalue weighted by Crippen LogP contribution is 2.40. The number of amides is 1. The van der Waals surface area contributed by atoms with E-state index >= 15 is 0 Å². The molecule has 10 heteroatoms. The van der Waals surface area contributed by atoms with Crippen molar-refractivity contribution in [1.29, 1.82) is 0 Å². The molecule has 1 aliphatic heterocycles. The number of anilines is 1. The number of benzene rings is 2. The van der Waals surface area contributed by atoms with Crippen molar-refractivity contribution >= 4 is 40.9 Å². The summed E-state index contributed by atoms with van der Waals surface area (Å²) in [5.74, 6) is -1.31. The van der Waals surface area contributed by atoms with Gasteiger partial charge >= 0.3 is 5.97 Å². The number of hydrogen-bond acceptors (Lipinski definition) is 6. The minimum Gasteiger partial charge on any atom is -0.493 e. The fourth-order valence-electron chi connectivity index (χ4n) is 2.74. The number of thioether (sulfide) groups is 1. The Kier molecular flexibility index (Phi) is 6.19. The smallest absolute Gasteiger partial charge is 0.355 e. The van der Waals surface area contributed by atoms with E-state index in [2.05, 4.69) is 0 Å². The lowest BCUT2D eigenvalue weighted by atomic mass is 10.1. The van der Waals surface area contributed by atoms with Gasteiger partial charge in [0, 0.05) is 11.5 Å². The highest BCUT2D eigenvalue weighted by Gasteiger charge is 2.40. The van der Waals surface area contributed by atoms with Crippen LogP contribution in [0, 0.1) is 0 Å². The van der Waals surface area contributed by atoms with Crippen molar-refractivity contribution in [1.82, 2.24) is 5.12 Å². The average molecular weight is 439 g/mol. The molecule has 152 valence electrons. The molecule has 1 aliphatic rings. The summed E-state index contributed by atoms with van der Waals surface area (Å²) in [4.78, 5) is 25.7. The summed E-state index contributed by atoms with van der Waals surface area (Å²) < 4.78 is 25.3. The minimum atomic E-state index is -1.44. The molecule has 0 saturated carbocycles. The van der Waals surface area contributed by atoms with Crippen LogP contribution in [0.1, 0.15) is 10.4 Å². The molecule has 0 aliphatic carbocycles. The molecular formula is C19H16ClFN2O5S. The quantitative estimate of drug-likeness (QED) is 0.679. The number of ether oxygens (including phenoxy) is 2. The van der Waals surface area contributed by atoms with Crippen LogP contribution in [0.4, 0.5) is 10.2 Å². The van der Waals surface area contributed by atoms with Crippen molar-refractivity contribution in [2.75, 3.05) is 19.1 Å². The Bertz CT molecular complexity index is 987. The Labute approximate surface area is 175 Å². The highest BCUT2D eigenvalue weighted by molar-refractivity contribution is 8.03. The molecule has 1 unspecified atom stereocenters. The van der Waals surface area contributed by atoms with Gasteiger partial charge in [0.25, 0.3) is 5.91 Å². The maximum atomic E-state index is 14.8. The van der Waals surface area contributed by atoms with E-state index in [1.165, 1.54) is 32.4 Å². The summed E-state index contributed by atoms with van der Waals surface area (Å²) in [6, 6.07) is 10.9. The van der Waals surface area contributed by atoms with Gasteiger partial charge in [-0.2, -0.15) is 5.12 Å². The van der Waals surface area contributed by atoms with E-state index in [1.54, 1.807) is 24.3 Å². The largest absolute Gasteiger partial charge is 0.493 e. The molecule has 7 nitrogen and oxygen atoms in total. The second-order valence-corrected chi connectivity index (χ2v) is 7.11. The van der Waals surface area contributed by atoms with E-state index in [4.69, 9.17) is 21.1 Å². The lowest BCUT2D eigenvalue weighted by Gasteiger charge is -2.31. The monoisotopic (exact) mass is 438 g/mol. The molecule has 0 radical (unpaired) electrons. The molecular weight excluding hydrogens is 423 g/mol. The Morgan fingerprint density at radius 1 is 1.17 bits per heavy atom. The van der Waals surface area contributed by atoms with E-state index in [0.29, 0.717) is 11.5 Å². The Balaban J connectivity index is 2.09. The van der Waals surface area contributed by atoms with Gasteiger partial charge in [-0.3, -0.25) is 9.69 Å². The first-order valence-electron chi connectivity index (χ1n) is 8.23. The lowest BCUT2D eigenvalue weighted by molar-refractivity contribution is -0.137. The molecule has 0 saturated heterocycles. The third-order valence-corrected chi connectivity index (χ3v) is 5.46. The van der Waals surface area contributed by atoms with Crippen LogP contribution in [0.3, 0.4) is 0 Å². The fraction of sp³-hybridized carbons (Fsp3) is 0.158. The molecule has 1 atom stereocenters. The maximum absolute atomic E-state index is 14.8. The van der Waals surface area contributed by atoms with Crippen molar-refractivity contribution in [3.05, 3.63) is 64.2 Å². The van der Waals surface area contributed by atoms with Crippen LogP contribution in [0.5, 0.6) is 11.5 Å². The van der Waals surface area contributed by atoms with Crippen molar-refractivity contribution in [2.24, 2.45) is 0 Å². The minimum absolute atomic E-state index is 0.0262. The molecule has 1 amide bonds. The normalized spacial score (nSPS) is 15.7. The van der Waals surface area contributed by atoms with Gasteiger partial charge in [-0.25, -0.2) is 4.79 Å². The zero-order valence-corrected chi connectivity index (χ0v) is 16.9. The van der Waals surface area contributed by atoms with Crippen molar-refractivity contribution in [3.63, 3.8) is 0 Å². The van der Waals surface area contributed by atoms with Gasteiger partial charge in [0.15, 0.2) is 22.7 Å². The van der Waals surface area contributed by atoms with Crippen LogP contribution < -0.4 is 14.4 Å². The van der Waals surface area contributed by atoms with Crippen molar-refractivity contribution in [2.45, 2.75) is 5.50 Å². The van der Waals surface area contributed by atoms with Crippen LogP contribution in [-0.4, -0.2) is 41.8 Å². The van der Waals surface area contributed by atoms with Gasteiger partial charge < -0.3 is 14.6 Å². The summed E-state index contributed by atoms with van der Waals surface area (Å²) in [6.45, 7) is 0. The van der Waals surface area contributed by atoms with Crippen LogP contribution in [0.2, 0.25) is 5.02 Å². The van der Waals surface area contributed by atoms with Crippen LogP contribution in [-0.2, 0) is 4.79 Å². The number of methoxy groups -OCH3 is 2. The van der Waals surface area contributed by atoms with Gasteiger partial charge in [0.2, 0.25) is 0 Å². The maximum Gasteiger partial charge on any atom is 0.355 e. The topological polar surface area (TPSA) is 79.3 Å². The van der Waals surface area contributed by atoms with Crippen molar-refractivity contribution < 1.29 is 28.7 Å². The van der Waals surface area contributed by atoms with Crippen LogP contribution >= 0.6 is 23.4 Å². The Morgan fingerprint density at radius 2 is 1.86 bits per heavy atom. The SMILES string of the molecule is COc1ccc(N(C(=O)c2ccccc2Cl)C2SC=C(C(=O)O)N2F)cc1OC. The van der Waals surface area contributed by atoms with Crippen LogP contribution in [0.25, 0.3) is 0 Å². The van der Waals surface area contributed by atoms with Gasteiger partial charge in [-0.05, 0) is 24.3 Å². The molecule has 1 N–H and O–H groups in total. The number of carbonyl (C=O) groups is 2. The predicted octanol–water partition coefficient (Wildman–Crippen LogP) is 4.15. The van der Waals surface area contributed by atoms with E-state index in [1.807, 2.05) is 0 Å². The van der Waals surface area contributed by atoms with E-state index < -0.39 is 23.1 Å². The third-order valence-electron chi connectivity index (χ3n) is 4.13.